The van der Waals surface area contributed by atoms with E-state index in [0.717, 1.165) is 10.6 Å². The van der Waals surface area contributed by atoms with Crippen LogP contribution in [0, 0.1) is 0 Å². The number of amides is 1. The molecule has 0 saturated carbocycles. The van der Waals surface area contributed by atoms with Gasteiger partial charge >= 0.3 is 0 Å². The number of rotatable bonds is 1. The second-order valence-electron chi connectivity index (χ2n) is 3.94. The van der Waals surface area contributed by atoms with Crippen LogP contribution in [0.4, 0.5) is 0 Å². The summed E-state index contributed by atoms with van der Waals surface area (Å²) in [6, 6.07) is 14.2. The molecule has 0 aromatic heterocycles. The van der Waals surface area contributed by atoms with Crippen LogP contribution in [0.15, 0.2) is 53.5 Å². The third-order valence-electron chi connectivity index (χ3n) is 2.61. The van der Waals surface area contributed by atoms with E-state index in [1.165, 1.54) is 6.08 Å². The second-order valence-corrected chi connectivity index (χ2v) is 3.94. The molecule has 0 spiro atoms. The molecule has 1 aliphatic rings. The Kier molecular flexibility index (Phi) is 4.05. The normalized spacial score (nSPS) is 11.7. The van der Waals surface area contributed by atoms with Crippen molar-refractivity contribution in [1.29, 1.82) is 0 Å². The predicted octanol–water partition coefficient (Wildman–Crippen LogP) is 0.511. The van der Waals surface area contributed by atoms with Crippen molar-refractivity contribution >= 4 is 12.0 Å². The van der Waals surface area contributed by atoms with Crippen molar-refractivity contribution in [2.45, 2.75) is 6.61 Å². The van der Waals surface area contributed by atoms with Crippen molar-refractivity contribution in [1.82, 2.24) is 0 Å². The first kappa shape index (κ1) is 13.0. The van der Waals surface area contributed by atoms with Crippen LogP contribution in [-0.2, 0) is 11.4 Å². The number of fused-ring (bicyclic) bond motifs is 1. The smallest absolute Gasteiger partial charge is 0.270 e. The van der Waals surface area contributed by atoms with Crippen LogP contribution in [0.5, 0.6) is 5.75 Å². The van der Waals surface area contributed by atoms with E-state index >= 15 is 0 Å². The van der Waals surface area contributed by atoms with Crippen LogP contribution in [0.3, 0.4) is 0 Å². The van der Waals surface area contributed by atoms with Crippen LogP contribution in [0.1, 0.15) is 5.56 Å². The summed E-state index contributed by atoms with van der Waals surface area (Å²) in [5, 5.41) is 19.2. The molecular formula is C15H13NO3. The Labute approximate surface area is 110 Å². The van der Waals surface area contributed by atoms with Gasteiger partial charge in [0.05, 0.1) is 12.0 Å². The highest BCUT2D eigenvalue weighted by molar-refractivity contribution is 6.06. The predicted molar refractivity (Wildman–Crippen MR) is 70.7 cm³/mol. The number of hydrogen-bond donors (Lipinski definition) is 2. The molecule has 0 bridgehead atoms. The minimum absolute atomic E-state index is 0.104. The second kappa shape index (κ2) is 5.93. The van der Waals surface area contributed by atoms with Crippen LogP contribution >= 0.6 is 0 Å². The largest absolute Gasteiger partial charge is 0.508 e. The molecular weight excluding hydrogens is 242 g/mol. The molecule has 96 valence electrons. The maximum absolute atomic E-state index is 10.7. The summed E-state index contributed by atoms with van der Waals surface area (Å²) in [6.07, 6.45) is 1.54. The lowest BCUT2D eigenvalue weighted by Crippen LogP contribution is -2.19. The fourth-order valence-electron chi connectivity index (χ4n) is 1.64. The highest BCUT2D eigenvalue weighted by Gasteiger charge is 1.99. The molecule has 0 saturated heterocycles. The quantitative estimate of drug-likeness (QED) is 0.780. The maximum Gasteiger partial charge on any atom is 0.270 e. The molecule has 3 rings (SSSR count). The molecule has 1 amide bonds. The minimum atomic E-state index is -0.152. The average Bonchev–Trinajstić information content (AvgIpc) is 2.80. The van der Waals surface area contributed by atoms with Crippen molar-refractivity contribution in [3.63, 3.8) is 0 Å². The van der Waals surface area contributed by atoms with Crippen molar-refractivity contribution in [3.8, 4) is 5.75 Å². The fraction of sp³-hybridized carbons (Fsp3) is 0.0667. The van der Waals surface area contributed by atoms with Gasteiger partial charge in [0.25, 0.3) is 5.91 Å². The summed E-state index contributed by atoms with van der Waals surface area (Å²) < 4.78 is 0. The number of aromatic hydroxyl groups is 1. The highest BCUT2D eigenvalue weighted by atomic mass is 16.3. The van der Waals surface area contributed by atoms with Crippen molar-refractivity contribution in [2.75, 3.05) is 0 Å². The van der Waals surface area contributed by atoms with Gasteiger partial charge in [0.1, 0.15) is 5.75 Å². The van der Waals surface area contributed by atoms with Gasteiger partial charge in [-0.2, -0.15) is 0 Å². The fourth-order valence-corrected chi connectivity index (χ4v) is 1.64. The van der Waals surface area contributed by atoms with Crippen LogP contribution < -0.4 is 10.6 Å². The summed E-state index contributed by atoms with van der Waals surface area (Å²) in [7, 11) is 0. The van der Waals surface area contributed by atoms with Crippen molar-refractivity contribution in [2.24, 2.45) is 4.99 Å². The van der Waals surface area contributed by atoms with Gasteiger partial charge in [-0.25, -0.2) is 4.99 Å². The van der Waals surface area contributed by atoms with Gasteiger partial charge in [-0.3, -0.25) is 4.79 Å². The summed E-state index contributed by atoms with van der Waals surface area (Å²) in [4.78, 5) is 14.4. The monoisotopic (exact) mass is 255 g/mol. The molecule has 1 heterocycles. The van der Waals surface area contributed by atoms with E-state index in [1.54, 1.807) is 24.3 Å². The molecule has 0 aliphatic carbocycles. The van der Waals surface area contributed by atoms with Gasteiger partial charge in [-0.15, -0.1) is 0 Å². The first-order chi connectivity index (χ1) is 9.20. The molecule has 4 heteroatoms. The summed E-state index contributed by atoms with van der Waals surface area (Å²) in [5.41, 5.74) is 0.567. The third kappa shape index (κ3) is 3.26. The number of aliphatic hydroxyl groups is 1. The van der Waals surface area contributed by atoms with Gasteiger partial charge in [0.2, 0.25) is 0 Å². The van der Waals surface area contributed by atoms with Gasteiger partial charge in [0.15, 0.2) is 0 Å². The van der Waals surface area contributed by atoms with E-state index in [1.807, 2.05) is 24.3 Å². The van der Waals surface area contributed by atoms with Crippen LogP contribution in [-0.4, -0.2) is 16.1 Å². The summed E-state index contributed by atoms with van der Waals surface area (Å²) in [6.45, 7) is -0.104. The molecule has 0 atom stereocenters. The Hall–Kier alpha value is -2.46. The zero-order chi connectivity index (χ0) is 13.7. The molecule has 2 aromatic rings. The lowest BCUT2D eigenvalue weighted by Gasteiger charge is -1.96. The summed E-state index contributed by atoms with van der Waals surface area (Å²) >= 11 is 0. The highest BCUT2D eigenvalue weighted by Crippen LogP contribution is 2.14. The van der Waals surface area contributed by atoms with Crippen molar-refractivity contribution in [3.05, 3.63) is 64.7 Å². The summed E-state index contributed by atoms with van der Waals surface area (Å²) in [5.74, 6) is 0.00111. The number of phenols is 1. The number of carbonyl (C=O) groups is 1. The molecule has 2 aromatic carbocycles. The van der Waals surface area contributed by atoms with Gasteiger partial charge in [0, 0.05) is 16.9 Å². The molecule has 0 radical (unpaired) electrons. The third-order valence-corrected chi connectivity index (χ3v) is 2.61. The first-order valence-electron chi connectivity index (χ1n) is 5.78. The van der Waals surface area contributed by atoms with E-state index in [4.69, 9.17) is 10.2 Å². The van der Waals surface area contributed by atoms with E-state index in [9.17, 15) is 4.79 Å². The number of carbonyl (C=O) groups excluding carboxylic acids is 1. The Morgan fingerprint density at radius 2 is 1.68 bits per heavy atom. The molecule has 0 unspecified atom stereocenters. The standard InChI is InChI=1S/C8H5NO.C7H8O2/c10-8-5-6-3-1-2-4-7(6)9-8;8-5-6-3-1-2-4-7(6)9/h1-5H;1-4,8-9H,5H2. The zero-order valence-corrected chi connectivity index (χ0v) is 10.2. The number of hydrogen-bond acceptors (Lipinski definition) is 3. The van der Waals surface area contributed by atoms with E-state index in [2.05, 4.69) is 4.99 Å². The van der Waals surface area contributed by atoms with E-state index in [0.29, 0.717) is 5.56 Å². The Morgan fingerprint density at radius 3 is 2.32 bits per heavy atom. The molecule has 0 fully saturated rings. The topological polar surface area (TPSA) is 69.9 Å². The van der Waals surface area contributed by atoms with Crippen LogP contribution in [0.2, 0.25) is 0 Å². The molecule has 4 nitrogen and oxygen atoms in total. The van der Waals surface area contributed by atoms with Crippen LogP contribution in [0.25, 0.3) is 6.08 Å². The molecule has 1 aliphatic heterocycles. The van der Waals surface area contributed by atoms with E-state index in [-0.39, 0.29) is 18.3 Å². The first-order valence-corrected chi connectivity index (χ1v) is 5.78. The Morgan fingerprint density at radius 1 is 1.00 bits per heavy atom. The zero-order valence-electron chi connectivity index (χ0n) is 10.2. The molecule has 2 N–H and O–H groups in total. The maximum atomic E-state index is 10.7. The lowest BCUT2D eigenvalue weighted by atomic mass is 10.2. The van der Waals surface area contributed by atoms with E-state index < -0.39 is 0 Å². The number of aliphatic hydroxyl groups excluding tert-OH is 1. The minimum Gasteiger partial charge on any atom is -0.508 e. The van der Waals surface area contributed by atoms with Gasteiger partial charge in [-0.1, -0.05) is 36.4 Å². The number of para-hydroxylation sites is 2. The lowest BCUT2D eigenvalue weighted by molar-refractivity contribution is -0.112. The Balaban J connectivity index is 0.000000141. The van der Waals surface area contributed by atoms with Gasteiger partial charge < -0.3 is 10.2 Å². The number of benzene rings is 2. The molecule has 19 heavy (non-hydrogen) atoms. The number of nitrogens with zero attached hydrogens (tertiary/aromatic N) is 1. The van der Waals surface area contributed by atoms with Gasteiger partial charge in [-0.05, 0) is 12.1 Å². The Bertz CT molecular complexity index is 670. The average molecular weight is 255 g/mol. The SMILES string of the molecule is O=C1C=c2ccccc2=N1.OCc1ccccc1O. The van der Waals surface area contributed by atoms with Crippen molar-refractivity contribution < 1.29 is 15.0 Å².